The van der Waals surface area contributed by atoms with Crippen molar-refractivity contribution in [3.8, 4) is 6.07 Å². The van der Waals surface area contributed by atoms with Crippen LogP contribution in [0, 0.1) is 18.3 Å². The lowest BCUT2D eigenvalue weighted by Gasteiger charge is -2.38. The van der Waals surface area contributed by atoms with E-state index in [-0.39, 0.29) is 10.5 Å². The number of benzene rings is 1. The molecule has 180 valence electrons. The zero-order chi connectivity index (χ0) is 24.6. The Bertz CT molecular complexity index is 1500. The minimum absolute atomic E-state index is 0.0123. The van der Waals surface area contributed by atoms with Crippen LogP contribution < -0.4 is 10.5 Å². The predicted octanol–water partition coefficient (Wildman–Crippen LogP) is 2.68. The Labute approximate surface area is 202 Å². The largest absolute Gasteiger partial charge is 0.355 e. The molecule has 2 aliphatic heterocycles. The van der Waals surface area contributed by atoms with Crippen LogP contribution in [0.2, 0.25) is 0 Å². The van der Waals surface area contributed by atoms with Crippen molar-refractivity contribution in [2.75, 3.05) is 31.2 Å². The SMILES string of the molecule is Cc1ccc(S(=O)(=O)/C(C#N)=C\c2c(N3CCC4(CC3)OCCO4)nc3ccccn3c2=O)cc1. The molecule has 2 saturated heterocycles. The molecule has 0 N–H and O–H groups in total. The number of fused-ring (bicyclic) bond motifs is 1. The first kappa shape index (κ1) is 23.2. The number of piperidine rings is 1. The highest BCUT2D eigenvalue weighted by atomic mass is 32.2. The van der Waals surface area contributed by atoms with Crippen molar-refractivity contribution in [3.63, 3.8) is 0 Å². The lowest BCUT2D eigenvalue weighted by Crippen LogP contribution is -2.46. The van der Waals surface area contributed by atoms with E-state index in [0.29, 0.717) is 50.6 Å². The molecule has 2 aliphatic rings. The van der Waals surface area contributed by atoms with E-state index >= 15 is 0 Å². The predicted molar refractivity (Wildman–Crippen MR) is 129 cm³/mol. The number of aromatic nitrogens is 2. The van der Waals surface area contributed by atoms with Crippen LogP contribution in [0.4, 0.5) is 5.82 Å². The number of rotatable bonds is 4. The molecule has 0 unspecified atom stereocenters. The molecule has 9 nitrogen and oxygen atoms in total. The molecule has 0 radical (unpaired) electrons. The van der Waals surface area contributed by atoms with Gasteiger partial charge in [0.05, 0.1) is 23.7 Å². The number of ether oxygens (including phenoxy) is 2. The van der Waals surface area contributed by atoms with Gasteiger partial charge in [-0.05, 0) is 37.3 Å². The third-order valence-corrected chi connectivity index (χ3v) is 8.07. The summed E-state index contributed by atoms with van der Waals surface area (Å²) in [6.45, 7) is 3.94. The van der Waals surface area contributed by atoms with Crippen molar-refractivity contribution < 1.29 is 17.9 Å². The summed E-state index contributed by atoms with van der Waals surface area (Å²) >= 11 is 0. The normalized spacial score (nSPS) is 18.2. The van der Waals surface area contributed by atoms with E-state index in [2.05, 4.69) is 4.98 Å². The number of hydrogen-bond donors (Lipinski definition) is 0. The smallest absolute Gasteiger partial charge is 0.267 e. The summed E-state index contributed by atoms with van der Waals surface area (Å²) in [6, 6.07) is 13.2. The molecule has 0 aliphatic carbocycles. The van der Waals surface area contributed by atoms with E-state index in [4.69, 9.17) is 9.47 Å². The Morgan fingerprint density at radius 3 is 2.46 bits per heavy atom. The van der Waals surface area contributed by atoms with Crippen molar-refractivity contribution in [1.29, 1.82) is 5.26 Å². The number of allylic oxidation sites excluding steroid dienone is 1. The number of nitriles is 1. The standard InChI is InChI=1S/C25H24N4O5S/c1-18-5-7-19(8-6-18)35(31,32)20(17-26)16-21-23(27-22-4-2-3-11-29(22)24(21)30)28-12-9-25(10-13-28)33-14-15-34-25/h2-8,11,16H,9-10,12-15H2,1H3/b20-16-. The Balaban J connectivity index is 1.62. The highest BCUT2D eigenvalue weighted by Crippen LogP contribution is 2.34. The van der Waals surface area contributed by atoms with Crippen molar-refractivity contribution in [3.05, 3.63) is 75.0 Å². The Morgan fingerprint density at radius 1 is 1.11 bits per heavy atom. The van der Waals surface area contributed by atoms with Crippen LogP contribution in [-0.2, 0) is 19.3 Å². The maximum atomic E-state index is 13.5. The fraction of sp³-hybridized carbons (Fsp3) is 0.320. The molecule has 0 amide bonds. The summed E-state index contributed by atoms with van der Waals surface area (Å²) < 4.78 is 39.4. The van der Waals surface area contributed by atoms with Crippen LogP contribution in [0.3, 0.4) is 0 Å². The molecule has 5 rings (SSSR count). The third-order valence-electron chi connectivity index (χ3n) is 6.39. The summed E-state index contributed by atoms with van der Waals surface area (Å²) in [6.07, 6.45) is 3.88. The second kappa shape index (κ2) is 8.92. The Kier molecular flexibility index (Phi) is 5.92. The van der Waals surface area contributed by atoms with Gasteiger partial charge in [0.2, 0.25) is 9.84 Å². The molecular weight excluding hydrogens is 468 g/mol. The summed E-state index contributed by atoms with van der Waals surface area (Å²) in [5.74, 6) is -0.286. The van der Waals surface area contributed by atoms with Crippen LogP contribution in [0.5, 0.6) is 0 Å². The second-order valence-electron chi connectivity index (χ2n) is 8.61. The van der Waals surface area contributed by atoms with Gasteiger partial charge in [-0.3, -0.25) is 9.20 Å². The van der Waals surface area contributed by atoms with Gasteiger partial charge in [-0.15, -0.1) is 0 Å². The highest BCUT2D eigenvalue weighted by Gasteiger charge is 2.40. The van der Waals surface area contributed by atoms with Crippen LogP contribution >= 0.6 is 0 Å². The van der Waals surface area contributed by atoms with Crippen LogP contribution in [0.25, 0.3) is 11.7 Å². The Hall–Kier alpha value is -3.52. The summed E-state index contributed by atoms with van der Waals surface area (Å²) in [5, 5.41) is 9.81. The molecule has 2 aromatic heterocycles. The molecule has 0 bridgehead atoms. The molecule has 0 atom stereocenters. The average molecular weight is 493 g/mol. The van der Waals surface area contributed by atoms with Crippen molar-refractivity contribution in [1.82, 2.24) is 9.38 Å². The highest BCUT2D eigenvalue weighted by molar-refractivity contribution is 7.95. The fourth-order valence-electron chi connectivity index (χ4n) is 4.45. The number of hydrogen-bond acceptors (Lipinski definition) is 8. The van der Waals surface area contributed by atoms with E-state index in [9.17, 15) is 18.5 Å². The molecule has 2 fully saturated rings. The minimum Gasteiger partial charge on any atom is -0.355 e. The first-order valence-corrected chi connectivity index (χ1v) is 12.8. The number of anilines is 1. The van der Waals surface area contributed by atoms with E-state index in [1.807, 2.05) is 11.8 Å². The maximum Gasteiger partial charge on any atom is 0.267 e. The molecular formula is C25H24N4O5S. The average Bonchev–Trinajstić information content (AvgIpc) is 3.32. The van der Waals surface area contributed by atoms with Crippen LogP contribution in [0.15, 0.2) is 63.3 Å². The molecule has 3 aromatic rings. The first-order chi connectivity index (χ1) is 16.8. The lowest BCUT2D eigenvalue weighted by molar-refractivity contribution is -0.169. The maximum absolute atomic E-state index is 13.5. The van der Waals surface area contributed by atoms with Crippen molar-refractivity contribution >= 4 is 27.4 Å². The van der Waals surface area contributed by atoms with Crippen LogP contribution in [-0.4, -0.2) is 49.9 Å². The summed E-state index contributed by atoms with van der Waals surface area (Å²) in [5.41, 5.74) is 0.915. The van der Waals surface area contributed by atoms with Gasteiger partial charge in [-0.1, -0.05) is 23.8 Å². The topological polar surface area (TPSA) is 114 Å². The second-order valence-corrected chi connectivity index (χ2v) is 10.5. The van der Waals surface area contributed by atoms with Crippen LogP contribution in [0.1, 0.15) is 24.0 Å². The monoisotopic (exact) mass is 492 g/mol. The van der Waals surface area contributed by atoms with Gasteiger partial charge in [0.15, 0.2) is 5.79 Å². The van der Waals surface area contributed by atoms with Crippen molar-refractivity contribution in [2.24, 2.45) is 0 Å². The van der Waals surface area contributed by atoms with Gasteiger partial charge in [0.1, 0.15) is 22.4 Å². The van der Waals surface area contributed by atoms with Gasteiger partial charge in [0.25, 0.3) is 5.56 Å². The lowest BCUT2D eigenvalue weighted by atomic mass is 10.0. The van der Waals surface area contributed by atoms with Gasteiger partial charge in [-0.25, -0.2) is 13.4 Å². The summed E-state index contributed by atoms with van der Waals surface area (Å²) in [4.78, 5) is 19.6. The quantitative estimate of drug-likeness (QED) is 0.511. The van der Waals surface area contributed by atoms with E-state index < -0.39 is 26.1 Å². The van der Waals surface area contributed by atoms with Gasteiger partial charge >= 0.3 is 0 Å². The molecule has 1 aromatic carbocycles. The zero-order valence-electron chi connectivity index (χ0n) is 19.2. The fourth-order valence-corrected chi connectivity index (χ4v) is 5.59. The molecule has 1 spiro atoms. The van der Waals surface area contributed by atoms with Gasteiger partial charge in [-0.2, -0.15) is 5.26 Å². The molecule has 35 heavy (non-hydrogen) atoms. The molecule has 0 saturated carbocycles. The summed E-state index contributed by atoms with van der Waals surface area (Å²) in [7, 11) is -4.14. The first-order valence-electron chi connectivity index (χ1n) is 11.3. The number of aryl methyl sites for hydroxylation is 1. The number of nitrogens with zero attached hydrogens (tertiary/aromatic N) is 4. The Morgan fingerprint density at radius 2 is 1.80 bits per heavy atom. The molecule has 10 heteroatoms. The zero-order valence-corrected chi connectivity index (χ0v) is 20.0. The minimum atomic E-state index is -4.14. The van der Waals surface area contributed by atoms with E-state index in [1.165, 1.54) is 16.5 Å². The van der Waals surface area contributed by atoms with E-state index in [0.717, 1.165) is 11.6 Å². The van der Waals surface area contributed by atoms with Gasteiger partial charge < -0.3 is 14.4 Å². The van der Waals surface area contributed by atoms with E-state index in [1.54, 1.807) is 42.6 Å². The van der Waals surface area contributed by atoms with Gasteiger partial charge in [0, 0.05) is 32.1 Å². The third kappa shape index (κ3) is 4.23. The number of sulfone groups is 1. The van der Waals surface area contributed by atoms with Crippen molar-refractivity contribution in [2.45, 2.75) is 30.4 Å². The molecule has 4 heterocycles. The number of pyridine rings is 1.